The summed E-state index contributed by atoms with van der Waals surface area (Å²) in [6, 6.07) is 14.8. The Balaban J connectivity index is 1.83. The highest BCUT2D eigenvalue weighted by Crippen LogP contribution is 2.28. The van der Waals surface area contributed by atoms with Crippen molar-refractivity contribution in [2.75, 3.05) is 6.26 Å². The number of fused-ring (bicyclic) bond motifs is 1. The van der Waals surface area contributed by atoms with Crippen LogP contribution in [0.4, 0.5) is 0 Å². The van der Waals surface area contributed by atoms with Crippen molar-refractivity contribution >= 4 is 28.6 Å². The number of thioether (sulfide) groups is 1. The largest absolute Gasteiger partial charge is 0.478 e. The van der Waals surface area contributed by atoms with Crippen LogP contribution >= 0.6 is 11.8 Å². The zero-order valence-electron chi connectivity index (χ0n) is 13.8. The molecule has 0 spiro atoms. The molecule has 0 aliphatic heterocycles. The molecule has 2 heterocycles. The number of carboxylic acids is 1. The molecule has 6 nitrogen and oxygen atoms in total. The summed E-state index contributed by atoms with van der Waals surface area (Å²) in [5.74, 6) is -0.580. The molecule has 0 bridgehead atoms. The zero-order valence-corrected chi connectivity index (χ0v) is 14.6. The summed E-state index contributed by atoms with van der Waals surface area (Å²) in [5, 5.41) is 15.5. The van der Waals surface area contributed by atoms with Crippen molar-refractivity contribution < 1.29 is 9.90 Å². The third-order valence-electron chi connectivity index (χ3n) is 4.02. The maximum absolute atomic E-state index is 11.3. The normalized spacial score (nSPS) is 11.0. The monoisotopic (exact) mass is 362 g/mol. The zero-order chi connectivity index (χ0) is 18.1. The van der Waals surface area contributed by atoms with Gasteiger partial charge in [-0.1, -0.05) is 30.3 Å². The molecule has 0 unspecified atom stereocenters. The van der Waals surface area contributed by atoms with Crippen LogP contribution in [0.3, 0.4) is 0 Å². The summed E-state index contributed by atoms with van der Waals surface area (Å²) in [7, 11) is 0. The second kappa shape index (κ2) is 6.61. The van der Waals surface area contributed by atoms with E-state index in [0.717, 1.165) is 21.5 Å². The Morgan fingerprint density at radius 2 is 1.77 bits per heavy atom. The van der Waals surface area contributed by atoms with E-state index in [-0.39, 0.29) is 5.56 Å². The van der Waals surface area contributed by atoms with Crippen LogP contribution in [-0.4, -0.2) is 37.1 Å². The van der Waals surface area contributed by atoms with Crippen molar-refractivity contribution in [3.05, 3.63) is 66.5 Å². The van der Waals surface area contributed by atoms with E-state index in [2.05, 4.69) is 15.1 Å². The number of rotatable bonds is 4. The Morgan fingerprint density at radius 3 is 2.42 bits per heavy atom. The van der Waals surface area contributed by atoms with Gasteiger partial charge < -0.3 is 5.11 Å². The fourth-order valence-electron chi connectivity index (χ4n) is 2.73. The highest BCUT2D eigenvalue weighted by Gasteiger charge is 2.15. The van der Waals surface area contributed by atoms with Crippen LogP contribution in [0.2, 0.25) is 0 Å². The van der Waals surface area contributed by atoms with E-state index in [4.69, 9.17) is 0 Å². The van der Waals surface area contributed by atoms with Gasteiger partial charge in [0.2, 0.25) is 0 Å². The molecule has 0 amide bonds. The lowest BCUT2D eigenvalue weighted by molar-refractivity contribution is 0.0697. The number of hydrogen-bond donors (Lipinski definition) is 1. The maximum Gasteiger partial charge on any atom is 0.335 e. The third-order valence-corrected chi connectivity index (χ3v) is 4.71. The summed E-state index contributed by atoms with van der Waals surface area (Å²) in [4.78, 5) is 20.2. The quantitative estimate of drug-likeness (QED) is 0.555. The Bertz CT molecular complexity index is 1090. The molecule has 0 radical (unpaired) electrons. The molecule has 2 aromatic carbocycles. The van der Waals surface area contributed by atoms with Gasteiger partial charge in [-0.25, -0.2) is 14.8 Å². The maximum atomic E-state index is 11.3. The second-order valence-electron chi connectivity index (χ2n) is 5.60. The van der Waals surface area contributed by atoms with E-state index in [1.165, 1.54) is 11.8 Å². The molecule has 0 fully saturated rings. The van der Waals surface area contributed by atoms with Gasteiger partial charge in [0.25, 0.3) is 5.95 Å². The van der Waals surface area contributed by atoms with Crippen molar-refractivity contribution in [1.29, 1.82) is 0 Å². The van der Waals surface area contributed by atoms with Crippen LogP contribution in [0.5, 0.6) is 0 Å². The third kappa shape index (κ3) is 2.82. The van der Waals surface area contributed by atoms with Gasteiger partial charge in [-0.2, -0.15) is 9.78 Å². The smallest absolute Gasteiger partial charge is 0.335 e. The van der Waals surface area contributed by atoms with Crippen LogP contribution in [0.25, 0.3) is 28.0 Å². The molecule has 128 valence electrons. The highest BCUT2D eigenvalue weighted by atomic mass is 32.2. The lowest BCUT2D eigenvalue weighted by atomic mass is 10.1. The van der Waals surface area contributed by atoms with Gasteiger partial charge in [-0.15, -0.1) is 11.8 Å². The Hall–Kier alpha value is -3.19. The van der Waals surface area contributed by atoms with Crippen molar-refractivity contribution in [1.82, 2.24) is 19.7 Å². The van der Waals surface area contributed by atoms with Crippen molar-refractivity contribution in [2.24, 2.45) is 0 Å². The summed E-state index contributed by atoms with van der Waals surface area (Å²) < 4.78 is 1.59. The summed E-state index contributed by atoms with van der Waals surface area (Å²) in [6.45, 7) is 0. The number of nitrogens with zero attached hydrogens (tertiary/aromatic N) is 4. The topological polar surface area (TPSA) is 80.9 Å². The minimum absolute atomic E-state index is 0.201. The van der Waals surface area contributed by atoms with Gasteiger partial charge in [0.15, 0.2) is 0 Å². The Kier molecular flexibility index (Phi) is 4.14. The molecule has 4 aromatic rings. The molecule has 0 saturated carbocycles. The van der Waals surface area contributed by atoms with E-state index in [1.54, 1.807) is 35.3 Å². The van der Waals surface area contributed by atoms with Gasteiger partial charge in [0.05, 0.1) is 11.1 Å². The molecule has 1 N–H and O–H groups in total. The van der Waals surface area contributed by atoms with Gasteiger partial charge in [0, 0.05) is 23.3 Å². The standard InChI is InChI=1S/C19H14N4O2S/c1-26-17-15-8-7-13(18(24)25)9-16(15)23(22-17)19-20-10-14(11-21-19)12-5-3-2-4-6-12/h2-11H,1H3,(H,24,25). The predicted octanol–water partition coefficient (Wildman–Crippen LogP) is 3.90. The molecule has 26 heavy (non-hydrogen) atoms. The number of benzene rings is 2. The molecule has 4 rings (SSSR count). The van der Waals surface area contributed by atoms with Gasteiger partial charge >= 0.3 is 5.97 Å². The number of aromatic nitrogens is 4. The minimum Gasteiger partial charge on any atom is -0.478 e. The van der Waals surface area contributed by atoms with Crippen molar-refractivity contribution in [3.8, 4) is 17.1 Å². The second-order valence-corrected chi connectivity index (χ2v) is 6.39. The fourth-order valence-corrected chi connectivity index (χ4v) is 3.29. The van der Waals surface area contributed by atoms with Crippen LogP contribution in [0, 0.1) is 0 Å². The molecule has 7 heteroatoms. The number of aromatic carboxylic acids is 1. The van der Waals surface area contributed by atoms with Gasteiger partial charge in [-0.3, -0.25) is 0 Å². The molecular formula is C19H14N4O2S. The Morgan fingerprint density at radius 1 is 1.04 bits per heavy atom. The molecule has 2 aromatic heterocycles. The van der Waals surface area contributed by atoms with Crippen LogP contribution in [0.15, 0.2) is 66.0 Å². The Labute approximate surface area is 153 Å². The van der Waals surface area contributed by atoms with Crippen LogP contribution in [-0.2, 0) is 0 Å². The van der Waals surface area contributed by atoms with Crippen molar-refractivity contribution in [2.45, 2.75) is 5.03 Å². The van der Waals surface area contributed by atoms with Crippen LogP contribution < -0.4 is 0 Å². The molecule has 0 saturated heterocycles. The average Bonchev–Trinajstić information content (AvgIpc) is 3.07. The summed E-state index contributed by atoms with van der Waals surface area (Å²) >= 11 is 1.49. The van der Waals surface area contributed by atoms with Crippen molar-refractivity contribution in [3.63, 3.8) is 0 Å². The fraction of sp³-hybridized carbons (Fsp3) is 0.0526. The number of carboxylic acid groups (broad SMARTS) is 1. The minimum atomic E-state index is -0.981. The molecule has 0 aliphatic carbocycles. The lowest BCUT2D eigenvalue weighted by Crippen LogP contribution is -2.03. The van der Waals surface area contributed by atoms with E-state index < -0.39 is 5.97 Å². The first-order chi connectivity index (χ1) is 12.7. The SMILES string of the molecule is CSc1nn(-c2ncc(-c3ccccc3)cn2)c2cc(C(=O)O)ccc12. The first-order valence-electron chi connectivity index (χ1n) is 7.85. The van der Waals surface area contributed by atoms with Gasteiger partial charge in [-0.05, 0) is 30.0 Å². The van der Waals surface area contributed by atoms with Crippen LogP contribution in [0.1, 0.15) is 10.4 Å². The summed E-state index contributed by atoms with van der Waals surface area (Å²) in [5.41, 5.74) is 2.80. The van der Waals surface area contributed by atoms with E-state index >= 15 is 0 Å². The predicted molar refractivity (Wildman–Crippen MR) is 101 cm³/mol. The molecular weight excluding hydrogens is 348 g/mol. The average molecular weight is 362 g/mol. The van der Waals surface area contributed by atoms with E-state index in [1.807, 2.05) is 36.6 Å². The first-order valence-corrected chi connectivity index (χ1v) is 9.08. The lowest BCUT2D eigenvalue weighted by Gasteiger charge is -2.04. The first kappa shape index (κ1) is 16.3. The highest BCUT2D eigenvalue weighted by molar-refractivity contribution is 7.98. The molecule has 0 aliphatic rings. The number of carbonyl (C=O) groups is 1. The van der Waals surface area contributed by atoms with Gasteiger partial charge in [0.1, 0.15) is 5.03 Å². The van der Waals surface area contributed by atoms with E-state index in [0.29, 0.717) is 11.5 Å². The molecule has 0 atom stereocenters. The summed E-state index contributed by atoms with van der Waals surface area (Å²) in [6.07, 6.45) is 5.41. The number of hydrogen-bond acceptors (Lipinski definition) is 5. The van der Waals surface area contributed by atoms with E-state index in [9.17, 15) is 9.90 Å².